The largest absolute Gasteiger partial charge is 0.468 e. The molecule has 0 fully saturated rings. The fourth-order valence-corrected chi connectivity index (χ4v) is 3.41. The molecule has 1 unspecified atom stereocenters. The predicted octanol–water partition coefficient (Wildman–Crippen LogP) is 2.52. The van der Waals surface area contributed by atoms with E-state index in [9.17, 15) is 13.2 Å². The van der Waals surface area contributed by atoms with E-state index in [1.54, 1.807) is 36.4 Å². The summed E-state index contributed by atoms with van der Waals surface area (Å²) >= 11 is 0. The maximum Gasteiger partial charge on any atom is 0.324 e. The predicted molar refractivity (Wildman–Crippen MR) is 78.0 cm³/mol. The summed E-state index contributed by atoms with van der Waals surface area (Å²) in [7, 11) is -2.54. The standard InChI is InChI=1S/C15H18O4S/c1-3-4-5-9-12-14(15(16)19-2)20(17,18)13-10-7-6-8-11-13/h3-8,10-11,14H,1,9,12H2,2H3/b5-4-. The highest BCUT2D eigenvalue weighted by molar-refractivity contribution is 7.92. The Morgan fingerprint density at radius 1 is 1.35 bits per heavy atom. The third-order valence-corrected chi connectivity index (χ3v) is 4.88. The van der Waals surface area contributed by atoms with Gasteiger partial charge in [0, 0.05) is 0 Å². The van der Waals surface area contributed by atoms with Crippen molar-refractivity contribution in [3.63, 3.8) is 0 Å². The number of allylic oxidation sites excluding steroid dienone is 3. The Morgan fingerprint density at radius 3 is 2.55 bits per heavy atom. The molecule has 0 saturated carbocycles. The van der Waals surface area contributed by atoms with E-state index >= 15 is 0 Å². The molecule has 0 aliphatic carbocycles. The molecule has 1 aromatic rings. The molecule has 0 aromatic heterocycles. The first-order valence-electron chi connectivity index (χ1n) is 6.18. The number of esters is 1. The minimum absolute atomic E-state index is 0.128. The first-order valence-corrected chi connectivity index (χ1v) is 7.73. The molecule has 0 saturated heterocycles. The molecule has 20 heavy (non-hydrogen) atoms. The number of rotatable bonds is 7. The number of sulfone groups is 1. The Balaban J connectivity index is 3.01. The van der Waals surface area contributed by atoms with Crippen molar-refractivity contribution in [3.8, 4) is 0 Å². The normalized spacial score (nSPS) is 13.1. The molecule has 108 valence electrons. The Bertz CT molecular complexity index is 573. The van der Waals surface area contributed by atoms with E-state index in [1.807, 2.05) is 0 Å². The minimum atomic E-state index is -3.73. The molecule has 0 N–H and O–H groups in total. The molecule has 1 atom stereocenters. The Kier molecular flexibility index (Phi) is 6.18. The first kappa shape index (κ1) is 16.2. The summed E-state index contributed by atoms with van der Waals surface area (Å²) in [5.41, 5.74) is 0. The van der Waals surface area contributed by atoms with Crippen molar-refractivity contribution in [2.75, 3.05) is 7.11 Å². The van der Waals surface area contributed by atoms with Gasteiger partial charge in [-0.1, -0.05) is 43.0 Å². The monoisotopic (exact) mass is 294 g/mol. The van der Waals surface area contributed by atoms with Gasteiger partial charge in [-0.25, -0.2) is 8.42 Å². The number of hydrogen-bond donors (Lipinski definition) is 0. The summed E-state index contributed by atoms with van der Waals surface area (Å²) in [4.78, 5) is 11.9. The van der Waals surface area contributed by atoms with Crippen molar-refractivity contribution in [2.45, 2.75) is 23.0 Å². The van der Waals surface area contributed by atoms with Gasteiger partial charge in [-0.05, 0) is 25.0 Å². The number of carbonyl (C=O) groups is 1. The lowest BCUT2D eigenvalue weighted by Crippen LogP contribution is -2.31. The van der Waals surface area contributed by atoms with Crippen molar-refractivity contribution in [1.29, 1.82) is 0 Å². The van der Waals surface area contributed by atoms with Crippen molar-refractivity contribution >= 4 is 15.8 Å². The van der Waals surface area contributed by atoms with Gasteiger partial charge in [0.1, 0.15) is 0 Å². The topological polar surface area (TPSA) is 60.4 Å². The molecule has 0 spiro atoms. The quantitative estimate of drug-likeness (QED) is 0.572. The summed E-state index contributed by atoms with van der Waals surface area (Å²) in [5.74, 6) is -0.735. The SMILES string of the molecule is C=C/C=C\CCC(C(=O)OC)S(=O)(=O)c1ccccc1. The molecule has 0 radical (unpaired) electrons. The van der Waals surface area contributed by atoms with Crippen LogP contribution >= 0.6 is 0 Å². The van der Waals surface area contributed by atoms with Gasteiger partial charge in [-0.2, -0.15) is 0 Å². The number of ether oxygens (including phenoxy) is 1. The third kappa shape index (κ3) is 4.06. The van der Waals surface area contributed by atoms with Crippen molar-refractivity contribution < 1.29 is 17.9 Å². The van der Waals surface area contributed by atoms with Gasteiger partial charge < -0.3 is 4.74 Å². The second kappa shape index (κ2) is 7.65. The molecule has 1 aromatic carbocycles. The molecule has 0 aliphatic heterocycles. The fourth-order valence-electron chi connectivity index (χ4n) is 1.75. The summed E-state index contributed by atoms with van der Waals surface area (Å²) in [6, 6.07) is 7.92. The Labute approximate surface area is 119 Å². The maximum absolute atomic E-state index is 12.5. The van der Waals surface area contributed by atoms with Crippen LogP contribution < -0.4 is 0 Å². The van der Waals surface area contributed by atoms with E-state index in [0.717, 1.165) is 0 Å². The molecule has 0 aliphatic rings. The smallest absolute Gasteiger partial charge is 0.324 e. The number of methoxy groups -OCH3 is 1. The highest BCUT2D eigenvalue weighted by Crippen LogP contribution is 2.20. The zero-order valence-corrected chi connectivity index (χ0v) is 12.2. The van der Waals surface area contributed by atoms with Crippen LogP contribution in [0.15, 0.2) is 60.0 Å². The van der Waals surface area contributed by atoms with Crippen LogP contribution in [0.2, 0.25) is 0 Å². The lowest BCUT2D eigenvalue weighted by Gasteiger charge is -2.14. The van der Waals surface area contributed by atoms with Crippen LogP contribution in [0.4, 0.5) is 0 Å². The first-order chi connectivity index (χ1) is 9.54. The third-order valence-electron chi connectivity index (χ3n) is 2.78. The van der Waals surface area contributed by atoms with Crippen LogP contribution in [0.25, 0.3) is 0 Å². The average Bonchev–Trinajstić information content (AvgIpc) is 2.47. The molecular weight excluding hydrogens is 276 g/mol. The van der Waals surface area contributed by atoms with Crippen molar-refractivity contribution in [2.24, 2.45) is 0 Å². The molecule has 0 bridgehead atoms. The molecule has 4 nitrogen and oxygen atoms in total. The van der Waals surface area contributed by atoms with E-state index in [0.29, 0.717) is 6.42 Å². The second-order valence-corrected chi connectivity index (χ2v) is 6.24. The van der Waals surface area contributed by atoms with Gasteiger partial charge >= 0.3 is 5.97 Å². The van der Waals surface area contributed by atoms with E-state index in [1.165, 1.54) is 19.2 Å². The van der Waals surface area contributed by atoms with Gasteiger partial charge in [0.2, 0.25) is 0 Å². The lowest BCUT2D eigenvalue weighted by atomic mass is 10.2. The lowest BCUT2D eigenvalue weighted by molar-refractivity contribution is -0.140. The van der Waals surface area contributed by atoms with Crippen LogP contribution in [0, 0.1) is 0 Å². The zero-order chi connectivity index (χ0) is 15.0. The van der Waals surface area contributed by atoms with Gasteiger partial charge in [-0.15, -0.1) is 0 Å². The molecule has 5 heteroatoms. The number of benzene rings is 1. The van der Waals surface area contributed by atoms with Crippen LogP contribution in [-0.4, -0.2) is 26.7 Å². The minimum Gasteiger partial charge on any atom is -0.468 e. The van der Waals surface area contributed by atoms with Crippen molar-refractivity contribution in [1.82, 2.24) is 0 Å². The number of carbonyl (C=O) groups excluding carboxylic acids is 1. The van der Waals surface area contributed by atoms with E-state index in [2.05, 4.69) is 11.3 Å². The van der Waals surface area contributed by atoms with Crippen LogP contribution in [0.1, 0.15) is 12.8 Å². The number of hydrogen-bond acceptors (Lipinski definition) is 4. The zero-order valence-electron chi connectivity index (χ0n) is 11.4. The summed E-state index contributed by atoms with van der Waals surface area (Å²) < 4.78 is 29.5. The fraction of sp³-hybridized carbons (Fsp3) is 0.267. The van der Waals surface area contributed by atoms with Crippen LogP contribution in [0.3, 0.4) is 0 Å². The summed E-state index contributed by atoms with van der Waals surface area (Å²) in [5, 5.41) is -1.19. The van der Waals surface area contributed by atoms with E-state index in [-0.39, 0.29) is 11.3 Å². The average molecular weight is 294 g/mol. The van der Waals surface area contributed by atoms with E-state index in [4.69, 9.17) is 0 Å². The van der Waals surface area contributed by atoms with Gasteiger partial charge in [-0.3, -0.25) is 4.79 Å². The van der Waals surface area contributed by atoms with E-state index < -0.39 is 21.1 Å². The Morgan fingerprint density at radius 2 is 2.00 bits per heavy atom. The van der Waals surface area contributed by atoms with Crippen LogP contribution in [-0.2, 0) is 19.4 Å². The summed E-state index contributed by atoms with van der Waals surface area (Å²) in [6.07, 6.45) is 5.71. The maximum atomic E-state index is 12.5. The molecule has 0 heterocycles. The highest BCUT2D eigenvalue weighted by Gasteiger charge is 2.34. The molecular formula is C15H18O4S. The van der Waals surface area contributed by atoms with Crippen molar-refractivity contribution in [3.05, 3.63) is 55.1 Å². The second-order valence-electron chi connectivity index (χ2n) is 4.11. The Hall–Kier alpha value is -1.88. The van der Waals surface area contributed by atoms with Gasteiger partial charge in [0.15, 0.2) is 15.1 Å². The van der Waals surface area contributed by atoms with Gasteiger partial charge in [0.25, 0.3) is 0 Å². The molecule has 0 amide bonds. The van der Waals surface area contributed by atoms with Crippen LogP contribution in [0.5, 0.6) is 0 Å². The highest BCUT2D eigenvalue weighted by atomic mass is 32.2. The van der Waals surface area contributed by atoms with Gasteiger partial charge in [0.05, 0.1) is 12.0 Å². The molecule has 1 rings (SSSR count). The summed E-state index contributed by atoms with van der Waals surface area (Å²) in [6.45, 7) is 3.53.